The molecule has 0 aromatic carbocycles. The molecule has 4 saturated carbocycles. The van der Waals surface area contributed by atoms with Gasteiger partial charge in [-0.3, -0.25) is 0 Å². The number of halogens is 6. The fourth-order valence-corrected chi connectivity index (χ4v) is 7.38. The lowest BCUT2D eigenvalue weighted by atomic mass is 9.59. The third-order valence-electron chi connectivity index (χ3n) is 9.61. The highest BCUT2D eigenvalue weighted by Gasteiger charge is 2.69. The van der Waals surface area contributed by atoms with Gasteiger partial charge in [-0.2, -0.15) is 26.3 Å². The van der Waals surface area contributed by atoms with Crippen molar-refractivity contribution in [1.29, 1.82) is 0 Å². The van der Waals surface area contributed by atoms with Crippen molar-refractivity contribution in [2.45, 2.75) is 101 Å². The van der Waals surface area contributed by atoms with Gasteiger partial charge in [0.15, 0.2) is 0 Å². The SMILES string of the molecule is C=C1C(=CC=C2CCC[C@]3(C)[C@@H](C4(CC=CC(O)(C(F)(F)F)C(F)(F)F)CC4)CC[C@@H]23)C[C@@H](O)C[C@@H]1O. The number of hydrogen-bond acceptors (Lipinski definition) is 3. The van der Waals surface area contributed by atoms with Crippen molar-refractivity contribution in [1.82, 2.24) is 0 Å². The van der Waals surface area contributed by atoms with Gasteiger partial charge in [0.1, 0.15) is 0 Å². The van der Waals surface area contributed by atoms with Crippen LogP contribution in [0.2, 0.25) is 0 Å². The predicted molar refractivity (Wildman–Crippen MR) is 127 cm³/mol. The number of alkyl halides is 6. The summed E-state index contributed by atoms with van der Waals surface area (Å²) in [5, 5.41) is 29.6. The van der Waals surface area contributed by atoms with Crippen molar-refractivity contribution in [3.05, 3.63) is 47.6 Å². The zero-order valence-electron chi connectivity index (χ0n) is 21.0. The Kier molecular flexibility index (Phi) is 7.34. The Balaban J connectivity index is 1.52. The van der Waals surface area contributed by atoms with Gasteiger partial charge in [0, 0.05) is 6.42 Å². The average Bonchev–Trinajstić information content (AvgIpc) is 3.46. The van der Waals surface area contributed by atoms with Crippen molar-refractivity contribution >= 4 is 0 Å². The van der Waals surface area contributed by atoms with E-state index in [2.05, 4.69) is 19.6 Å². The Morgan fingerprint density at radius 1 is 1.00 bits per heavy atom. The Morgan fingerprint density at radius 2 is 1.65 bits per heavy atom. The fraction of sp³-hybridized carbons (Fsp3) is 0.714. The van der Waals surface area contributed by atoms with Crippen LogP contribution in [-0.4, -0.2) is 45.5 Å². The highest BCUT2D eigenvalue weighted by atomic mass is 19.4. The predicted octanol–water partition coefficient (Wildman–Crippen LogP) is 6.71. The zero-order valence-corrected chi connectivity index (χ0v) is 21.0. The van der Waals surface area contributed by atoms with E-state index >= 15 is 0 Å². The van der Waals surface area contributed by atoms with Crippen LogP contribution in [-0.2, 0) is 0 Å². The van der Waals surface area contributed by atoms with Crippen molar-refractivity contribution in [3.63, 3.8) is 0 Å². The summed E-state index contributed by atoms with van der Waals surface area (Å²) in [5.74, 6) is 0.433. The minimum atomic E-state index is -5.85. The summed E-state index contributed by atoms with van der Waals surface area (Å²) in [6.45, 7) is 6.16. The van der Waals surface area contributed by atoms with Crippen molar-refractivity contribution in [3.8, 4) is 0 Å². The zero-order chi connectivity index (χ0) is 27.4. The molecule has 37 heavy (non-hydrogen) atoms. The first-order valence-electron chi connectivity index (χ1n) is 13.0. The van der Waals surface area contributed by atoms with Crippen LogP contribution in [0.5, 0.6) is 0 Å². The molecule has 0 aromatic heterocycles. The second-order valence-corrected chi connectivity index (χ2v) is 11.8. The first kappa shape index (κ1) is 28.4. The normalized spacial score (nSPS) is 37.0. The van der Waals surface area contributed by atoms with E-state index in [0.29, 0.717) is 12.0 Å². The molecule has 4 aliphatic rings. The van der Waals surface area contributed by atoms with Crippen molar-refractivity contribution < 1.29 is 41.7 Å². The molecule has 3 nitrogen and oxygen atoms in total. The van der Waals surface area contributed by atoms with Gasteiger partial charge in [0.25, 0.3) is 5.60 Å². The Morgan fingerprint density at radius 3 is 2.24 bits per heavy atom. The highest BCUT2D eigenvalue weighted by molar-refractivity contribution is 5.39. The molecule has 0 radical (unpaired) electrons. The highest BCUT2D eigenvalue weighted by Crippen LogP contribution is 2.70. The van der Waals surface area contributed by atoms with Crippen molar-refractivity contribution in [2.24, 2.45) is 22.7 Å². The third-order valence-corrected chi connectivity index (χ3v) is 9.61. The lowest BCUT2D eigenvalue weighted by Gasteiger charge is -2.45. The maximum absolute atomic E-state index is 13.1. The second kappa shape index (κ2) is 9.56. The number of hydrogen-bond donors (Lipinski definition) is 3. The largest absolute Gasteiger partial charge is 0.429 e. The lowest BCUT2D eigenvalue weighted by Crippen LogP contribution is -2.55. The molecule has 0 heterocycles. The molecule has 9 heteroatoms. The standard InChI is InChI=1S/C28H36F6O3/c1-17-19(15-20(35)16-22(17)36)7-6-18-5-3-10-24(2)21(18)8-9-23(24)25(13-14-25)11-4-12-26(37,27(29,30)31)28(32,33)34/h4,6-7,12,20-23,35-37H,1,3,5,8-11,13-16H2,2H3/t20-,21+,22+,23+,24+/m1/s1. The van der Waals surface area contributed by atoms with Gasteiger partial charge in [-0.05, 0) is 97.7 Å². The van der Waals surface area contributed by atoms with E-state index < -0.39 is 30.2 Å². The summed E-state index contributed by atoms with van der Waals surface area (Å²) in [6.07, 6.45) is -1.46. The molecule has 3 N–H and O–H groups in total. The molecular weight excluding hydrogens is 498 g/mol. The number of rotatable bonds is 5. The molecule has 0 unspecified atom stereocenters. The summed E-state index contributed by atoms with van der Waals surface area (Å²) >= 11 is 0. The van der Waals surface area contributed by atoms with E-state index in [9.17, 15) is 41.7 Å². The summed E-state index contributed by atoms with van der Waals surface area (Å²) in [5.41, 5.74) is -2.60. The summed E-state index contributed by atoms with van der Waals surface area (Å²) < 4.78 is 78.4. The molecule has 5 atom stereocenters. The average molecular weight is 535 g/mol. The fourth-order valence-electron chi connectivity index (χ4n) is 7.38. The van der Waals surface area contributed by atoms with E-state index in [1.54, 1.807) is 0 Å². The molecule has 0 saturated heterocycles. The Hall–Kier alpha value is -1.58. The van der Waals surface area contributed by atoms with Crippen LogP contribution in [0.4, 0.5) is 26.3 Å². The Labute approximate surface area is 213 Å². The molecule has 208 valence electrons. The molecule has 4 aliphatic carbocycles. The van der Waals surface area contributed by atoms with Crippen LogP contribution in [0.15, 0.2) is 47.6 Å². The second-order valence-electron chi connectivity index (χ2n) is 11.8. The van der Waals surface area contributed by atoms with Crippen LogP contribution in [0, 0.1) is 22.7 Å². The number of allylic oxidation sites excluding steroid dienone is 4. The monoisotopic (exact) mass is 534 g/mol. The molecule has 0 aliphatic heterocycles. The van der Waals surface area contributed by atoms with Gasteiger partial charge in [-0.15, -0.1) is 0 Å². The topological polar surface area (TPSA) is 60.7 Å². The van der Waals surface area contributed by atoms with E-state index in [0.717, 1.165) is 56.6 Å². The lowest BCUT2D eigenvalue weighted by molar-refractivity contribution is -0.347. The van der Waals surface area contributed by atoms with Gasteiger partial charge in [-0.1, -0.05) is 37.3 Å². The summed E-state index contributed by atoms with van der Waals surface area (Å²) in [7, 11) is 0. The van der Waals surface area contributed by atoms with Crippen LogP contribution >= 0.6 is 0 Å². The molecular formula is C28H36F6O3. The smallest absolute Gasteiger partial charge is 0.393 e. The molecule has 4 rings (SSSR count). The molecule has 0 spiro atoms. The number of aliphatic hydroxyl groups is 3. The summed E-state index contributed by atoms with van der Waals surface area (Å²) in [4.78, 5) is 0. The van der Waals surface area contributed by atoms with Gasteiger partial charge >= 0.3 is 12.4 Å². The van der Waals surface area contributed by atoms with Gasteiger partial charge in [-0.25, -0.2) is 0 Å². The first-order valence-corrected chi connectivity index (χ1v) is 13.0. The van der Waals surface area contributed by atoms with Crippen LogP contribution in [0.1, 0.15) is 71.1 Å². The van der Waals surface area contributed by atoms with Crippen LogP contribution in [0.3, 0.4) is 0 Å². The minimum Gasteiger partial charge on any atom is -0.393 e. The van der Waals surface area contributed by atoms with Gasteiger partial charge in [0.2, 0.25) is 0 Å². The van der Waals surface area contributed by atoms with Crippen molar-refractivity contribution in [2.75, 3.05) is 0 Å². The van der Waals surface area contributed by atoms with Gasteiger partial charge < -0.3 is 15.3 Å². The molecule has 0 aromatic rings. The van der Waals surface area contributed by atoms with Gasteiger partial charge in [0.05, 0.1) is 12.2 Å². The molecule has 0 bridgehead atoms. The maximum atomic E-state index is 13.1. The molecule has 4 fully saturated rings. The Bertz CT molecular complexity index is 973. The van der Waals surface area contributed by atoms with E-state index in [1.165, 1.54) is 5.57 Å². The van der Waals surface area contributed by atoms with Crippen LogP contribution in [0.25, 0.3) is 0 Å². The maximum Gasteiger partial charge on any atom is 0.429 e. The first-order chi connectivity index (χ1) is 17.0. The number of aliphatic hydroxyl groups excluding tert-OH is 2. The molecule has 0 amide bonds. The number of fused-ring (bicyclic) bond motifs is 1. The minimum absolute atomic E-state index is 0.0765. The quantitative estimate of drug-likeness (QED) is 0.271. The van der Waals surface area contributed by atoms with Crippen LogP contribution < -0.4 is 0 Å². The van der Waals surface area contributed by atoms with E-state index in [1.807, 2.05) is 6.08 Å². The van der Waals surface area contributed by atoms with E-state index in [4.69, 9.17) is 0 Å². The third kappa shape index (κ3) is 5.08. The summed E-state index contributed by atoms with van der Waals surface area (Å²) in [6, 6.07) is 0. The van der Waals surface area contributed by atoms with E-state index in [-0.39, 0.29) is 41.6 Å².